The highest BCUT2D eigenvalue weighted by atomic mass is 16.4. The van der Waals surface area contributed by atoms with Gasteiger partial charge in [0.15, 0.2) is 17.7 Å². The predicted molar refractivity (Wildman–Crippen MR) is 82.6 cm³/mol. The standard InChI is InChI=1S/C14H24N4O6/c15-6-2-1-3-7(16)11(21)14(17,13(23)24)12(22)10(20)8-4-5-9(19)18-8/h7-8,12,22H,1-6,15-17H2,(H,18,19)(H,23,24). The van der Waals surface area contributed by atoms with Gasteiger partial charge in [0.25, 0.3) is 0 Å². The molecule has 0 saturated carbocycles. The summed E-state index contributed by atoms with van der Waals surface area (Å²) in [5.74, 6) is -4.42. The second-order valence-corrected chi connectivity index (χ2v) is 5.89. The maximum absolute atomic E-state index is 12.4. The summed E-state index contributed by atoms with van der Waals surface area (Å²) in [6, 6.07) is -2.32. The molecule has 1 saturated heterocycles. The lowest BCUT2D eigenvalue weighted by Crippen LogP contribution is -2.70. The molecule has 1 aliphatic heterocycles. The number of unbranched alkanes of at least 4 members (excludes halogenated alkanes) is 1. The predicted octanol–water partition coefficient (Wildman–Crippen LogP) is -3.00. The smallest absolute Gasteiger partial charge is 0.334 e. The highest BCUT2D eigenvalue weighted by Gasteiger charge is 2.54. The average molecular weight is 344 g/mol. The van der Waals surface area contributed by atoms with Crippen LogP contribution in [-0.4, -0.2) is 63.9 Å². The van der Waals surface area contributed by atoms with Crippen LogP contribution >= 0.6 is 0 Å². The van der Waals surface area contributed by atoms with Crippen molar-refractivity contribution in [3.05, 3.63) is 0 Å². The Balaban J connectivity index is 2.92. The lowest BCUT2D eigenvalue weighted by atomic mass is 9.80. The Morgan fingerprint density at radius 3 is 2.42 bits per heavy atom. The summed E-state index contributed by atoms with van der Waals surface area (Å²) < 4.78 is 0. The van der Waals surface area contributed by atoms with Gasteiger partial charge in [0, 0.05) is 6.42 Å². The molecule has 1 amide bonds. The number of nitrogens with two attached hydrogens (primary N) is 3. The number of hydrogen-bond donors (Lipinski definition) is 6. The highest BCUT2D eigenvalue weighted by molar-refractivity contribution is 6.15. The van der Waals surface area contributed by atoms with Crippen LogP contribution in [0.1, 0.15) is 32.1 Å². The zero-order valence-electron chi connectivity index (χ0n) is 13.2. The van der Waals surface area contributed by atoms with Gasteiger partial charge in [-0.2, -0.15) is 0 Å². The van der Waals surface area contributed by atoms with Gasteiger partial charge in [0.1, 0.15) is 0 Å². The summed E-state index contributed by atoms with van der Waals surface area (Å²) in [5.41, 5.74) is 13.7. The largest absolute Gasteiger partial charge is 0.479 e. The zero-order valence-corrected chi connectivity index (χ0v) is 13.2. The second-order valence-electron chi connectivity index (χ2n) is 5.89. The van der Waals surface area contributed by atoms with Gasteiger partial charge in [0.2, 0.25) is 11.4 Å². The number of hydrogen-bond acceptors (Lipinski definition) is 8. The minimum absolute atomic E-state index is 0.0698. The molecule has 4 atom stereocenters. The fourth-order valence-electron chi connectivity index (χ4n) is 2.55. The average Bonchev–Trinajstić information content (AvgIpc) is 2.98. The molecule has 0 bridgehead atoms. The fourth-order valence-corrected chi connectivity index (χ4v) is 2.55. The number of carboxylic acid groups (broad SMARTS) is 1. The number of nitrogens with one attached hydrogen (secondary N) is 1. The lowest BCUT2D eigenvalue weighted by molar-refractivity contribution is -0.159. The number of aliphatic hydroxyl groups excluding tert-OH is 1. The van der Waals surface area contributed by atoms with E-state index >= 15 is 0 Å². The first-order chi connectivity index (χ1) is 11.2. The molecule has 136 valence electrons. The van der Waals surface area contributed by atoms with Crippen molar-refractivity contribution in [3.63, 3.8) is 0 Å². The van der Waals surface area contributed by atoms with Crippen molar-refractivity contribution >= 4 is 23.4 Å². The summed E-state index contributed by atoms with van der Waals surface area (Å²) in [7, 11) is 0. The number of carboxylic acids is 1. The van der Waals surface area contributed by atoms with Gasteiger partial charge in [-0.1, -0.05) is 6.42 Å². The number of ketones is 2. The first-order valence-electron chi connectivity index (χ1n) is 7.69. The lowest BCUT2D eigenvalue weighted by Gasteiger charge is -2.31. The summed E-state index contributed by atoms with van der Waals surface area (Å²) in [5, 5.41) is 21.8. The van der Waals surface area contributed by atoms with Gasteiger partial charge in [-0.3, -0.25) is 14.4 Å². The molecular formula is C14H24N4O6. The maximum atomic E-state index is 12.4. The first kappa shape index (κ1) is 20.2. The Labute approximate surface area is 138 Å². The fraction of sp³-hybridized carbons (Fsp3) is 0.714. The van der Waals surface area contributed by atoms with Crippen LogP contribution in [0.25, 0.3) is 0 Å². The van der Waals surface area contributed by atoms with E-state index < -0.39 is 47.2 Å². The number of rotatable bonds is 10. The van der Waals surface area contributed by atoms with Gasteiger partial charge in [-0.15, -0.1) is 0 Å². The number of aliphatic carboxylic acids is 1. The Hall–Kier alpha value is -1.88. The quantitative estimate of drug-likeness (QED) is 0.176. The normalized spacial score (nSPS) is 22.3. The third kappa shape index (κ3) is 4.15. The van der Waals surface area contributed by atoms with Crippen molar-refractivity contribution < 1.29 is 29.4 Å². The Morgan fingerprint density at radius 2 is 1.96 bits per heavy atom. The van der Waals surface area contributed by atoms with Crippen LogP contribution in [0.2, 0.25) is 0 Å². The number of Topliss-reactive ketones (excluding diaryl/α,β-unsaturated/α-hetero) is 2. The van der Waals surface area contributed by atoms with Gasteiger partial charge in [-0.25, -0.2) is 4.79 Å². The van der Waals surface area contributed by atoms with E-state index in [1.54, 1.807) is 0 Å². The third-order valence-electron chi connectivity index (χ3n) is 4.11. The molecule has 1 aliphatic rings. The van der Waals surface area contributed by atoms with E-state index in [0.29, 0.717) is 19.4 Å². The summed E-state index contributed by atoms with van der Waals surface area (Å²) in [4.78, 5) is 47.2. The molecular weight excluding hydrogens is 320 g/mol. The van der Waals surface area contributed by atoms with Crippen LogP contribution in [0.4, 0.5) is 0 Å². The maximum Gasteiger partial charge on any atom is 0.334 e. The molecule has 4 unspecified atom stereocenters. The third-order valence-corrected chi connectivity index (χ3v) is 4.11. The molecule has 1 rings (SSSR count). The number of carbonyl (C=O) groups is 4. The molecule has 10 nitrogen and oxygen atoms in total. The molecule has 1 fully saturated rings. The minimum Gasteiger partial charge on any atom is -0.479 e. The van der Waals surface area contributed by atoms with E-state index in [0.717, 1.165) is 0 Å². The van der Waals surface area contributed by atoms with Crippen molar-refractivity contribution in [1.82, 2.24) is 5.32 Å². The van der Waals surface area contributed by atoms with Crippen LogP contribution in [0.15, 0.2) is 0 Å². The van der Waals surface area contributed by atoms with Crippen LogP contribution < -0.4 is 22.5 Å². The van der Waals surface area contributed by atoms with Gasteiger partial charge < -0.3 is 32.7 Å². The number of amides is 1. The Kier molecular flexibility index (Phi) is 6.96. The Morgan fingerprint density at radius 1 is 1.33 bits per heavy atom. The summed E-state index contributed by atoms with van der Waals surface area (Å²) in [6.45, 7) is 0.385. The molecule has 0 aliphatic carbocycles. The van der Waals surface area contributed by atoms with Gasteiger partial charge >= 0.3 is 5.97 Å². The molecule has 10 heteroatoms. The second kappa shape index (κ2) is 8.29. The van der Waals surface area contributed by atoms with Crippen LogP contribution in [0, 0.1) is 0 Å². The molecule has 0 aromatic rings. The van der Waals surface area contributed by atoms with Crippen molar-refractivity contribution in [2.24, 2.45) is 17.2 Å². The molecule has 0 spiro atoms. The monoisotopic (exact) mass is 344 g/mol. The molecule has 1 heterocycles. The van der Waals surface area contributed by atoms with Crippen LogP contribution in [0.3, 0.4) is 0 Å². The molecule has 0 aromatic heterocycles. The van der Waals surface area contributed by atoms with E-state index in [9.17, 15) is 29.4 Å². The van der Waals surface area contributed by atoms with Gasteiger partial charge in [0.05, 0.1) is 12.1 Å². The molecule has 0 aromatic carbocycles. The summed E-state index contributed by atoms with van der Waals surface area (Å²) in [6.07, 6.45) is -0.958. The van der Waals surface area contributed by atoms with E-state index in [4.69, 9.17) is 17.2 Å². The van der Waals surface area contributed by atoms with Crippen LogP contribution in [0.5, 0.6) is 0 Å². The van der Waals surface area contributed by atoms with Crippen molar-refractivity contribution in [1.29, 1.82) is 0 Å². The molecule has 24 heavy (non-hydrogen) atoms. The van der Waals surface area contributed by atoms with E-state index in [2.05, 4.69) is 5.32 Å². The minimum atomic E-state index is -2.87. The van der Waals surface area contributed by atoms with E-state index in [1.165, 1.54) is 0 Å². The molecule has 9 N–H and O–H groups in total. The summed E-state index contributed by atoms with van der Waals surface area (Å²) >= 11 is 0. The van der Waals surface area contributed by atoms with Crippen LogP contribution in [-0.2, 0) is 19.2 Å². The van der Waals surface area contributed by atoms with E-state index in [-0.39, 0.29) is 19.3 Å². The molecule has 0 radical (unpaired) electrons. The Bertz CT molecular complexity index is 525. The number of carbonyl (C=O) groups excluding carboxylic acids is 3. The first-order valence-corrected chi connectivity index (χ1v) is 7.69. The number of aliphatic hydroxyl groups is 1. The van der Waals surface area contributed by atoms with Crippen molar-refractivity contribution in [2.45, 2.75) is 55.8 Å². The topological polar surface area (TPSA) is 199 Å². The SMILES string of the molecule is NCCCCC(N)C(=O)C(N)(C(=O)O)C(O)C(=O)C1CCC(=O)N1. The van der Waals surface area contributed by atoms with Gasteiger partial charge in [-0.05, 0) is 25.8 Å². The zero-order chi connectivity index (χ0) is 18.5. The van der Waals surface area contributed by atoms with Crippen molar-refractivity contribution in [3.8, 4) is 0 Å². The van der Waals surface area contributed by atoms with E-state index in [1.807, 2.05) is 0 Å². The highest BCUT2D eigenvalue weighted by Crippen LogP contribution is 2.19. The van der Waals surface area contributed by atoms with Crippen molar-refractivity contribution in [2.75, 3.05) is 6.54 Å².